The predicted molar refractivity (Wildman–Crippen MR) is 106 cm³/mol. The molecule has 1 aliphatic heterocycles. The number of fused-ring (bicyclic) bond motifs is 1. The molecular weight excluding hydrogens is 346 g/mol. The van der Waals surface area contributed by atoms with Gasteiger partial charge in [0, 0.05) is 18.2 Å². The van der Waals surface area contributed by atoms with E-state index in [2.05, 4.69) is 16.7 Å². The third-order valence-corrected chi connectivity index (χ3v) is 5.59. The third kappa shape index (κ3) is 3.71. The summed E-state index contributed by atoms with van der Waals surface area (Å²) in [5, 5.41) is 6.95. The molecule has 2 atom stereocenters. The number of nitrogens with zero attached hydrogens (tertiary/aromatic N) is 1. The number of benzene rings is 2. The largest absolute Gasteiger partial charge is 0.378 e. The van der Waals surface area contributed by atoms with Crippen molar-refractivity contribution in [2.45, 2.75) is 31.9 Å². The lowest BCUT2D eigenvalue weighted by Crippen LogP contribution is -2.43. The third-order valence-electron chi connectivity index (χ3n) is 4.52. The molecule has 0 spiro atoms. The first-order valence-electron chi connectivity index (χ1n) is 8.83. The molecule has 0 bridgehead atoms. The molecule has 1 fully saturated rings. The van der Waals surface area contributed by atoms with Crippen LogP contribution in [0.4, 0.5) is 10.5 Å². The van der Waals surface area contributed by atoms with E-state index in [1.165, 1.54) is 0 Å². The maximum atomic E-state index is 12.5. The molecular formula is C20H21N3O2S. The normalized spacial score (nSPS) is 20.0. The second-order valence-electron chi connectivity index (χ2n) is 6.53. The number of carbonyl (C=O) groups excluding carboxylic acids is 1. The molecule has 1 aliphatic rings. The standard InChI is InChI=1S/C20H21N3O2S/c1-13-12-14(10-11-25-13)21-20(24)23-16-7-3-2-6-15(16)19-22-17-8-4-5-9-18(17)26-19/h2-9,13-14H,10-12H2,1H3,(H2,21,23,24). The van der Waals surface area contributed by atoms with E-state index in [4.69, 9.17) is 9.72 Å². The number of nitrogens with one attached hydrogen (secondary N) is 2. The van der Waals surface area contributed by atoms with Crippen molar-refractivity contribution in [1.29, 1.82) is 0 Å². The zero-order valence-electron chi connectivity index (χ0n) is 14.6. The van der Waals surface area contributed by atoms with Crippen molar-refractivity contribution in [1.82, 2.24) is 10.3 Å². The smallest absolute Gasteiger partial charge is 0.319 e. The van der Waals surface area contributed by atoms with Gasteiger partial charge in [-0.05, 0) is 44.0 Å². The Morgan fingerprint density at radius 2 is 2.00 bits per heavy atom. The number of anilines is 1. The fraction of sp³-hybridized carbons (Fsp3) is 0.300. The van der Waals surface area contributed by atoms with Gasteiger partial charge in [0.25, 0.3) is 0 Å². The summed E-state index contributed by atoms with van der Waals surface area (Å²) in [6, 6.07) is 15.8. The van der Waals surface area contributed by atoms with Crippen molar-refractivity contribution in [3.05, 3.63) is 48.5 Å². The van der Waals surface area contributed by atoms with Crippen LogP contribution >= 0.6 is 11.3 Å². The molecule has 26 heavy (non-hydrogen) atoms. The molecule has 0 aliphatic carbocycles. The average Bonchev–Trinajstić information content (AvgIpc) is 3.06. The van der Waals surface area contributed by atoms with Crippen LogP contribution in [-0.2, 0) is 4.74 Å². The molecule has 2 aromatic carbocycles. The topological polar surface area (TPSA) is 63.2 Å². The van der Waals surface area contributed by atoms with Crippen LogP contribution in [0, 0.1) is 0 Å². The van der Waals surface area contributed by atoms with Gasteiger partial charge in [0.15, 0.2) is 0 Å². The van der Waals surface area contributed by atoms with Crippen molar-refractivity contribution in [2.24, 2.45) is 0 Å². The van der Waals surface area contributed by atoms with Gasteiger partial charge in [-0.2, -0.15) is 0 Å². The summed E-state index contributed by atoms with van der Waals surface area (Å²) < 4.78 is 6.67. The van der Waals surface area contributed by atoms with Gasteiger partial charge < -0.3 is 15.4 Å². The van der Waals surface area contributed by atoms with Crippen LogP contribution in [0.2, 0.25) is 0 Å². The van der Waals surface area contributed by atoms with Crippen molar-refractivity contribution in [2.75, 3.05) is 11.9 Å². The monoisotopic (exact) mass is 367 g/mol. The second-order valence-corrected chi connectivity index (χ2v) is 7.56. The van der Waals surface area contributed by atoms with E-state index >= 15 is 0 Å². The minimum absolute atomic E-state index is 0.147. The number of hydrogen-bond acceptors (Lipinski definition) is 4. The Morgan fingerprint density at radius 3 is 2.85 bits per heavy atom. The lowest BCUT2D eigenvalue weighted by molar-refractivity contribution is 0.0157. The number of thiazole rings is 1. The van der Waals surface area contributed by atoms with E-state index in [1.54, 1.807) is 11.3 Å². The molecule has 6 heteroatoms. The van der Waals surface area contributed by atoms with Gasteiger partial charge in [-0.15, -0.1) is 11.3 Å². The first-order valence-corrected chi connectivity index (χ1v) is 9.65. The van der Waals surface area contributed by atoms with Gasteiger partial charge in [0.05, 0.1) is 22.0 Å². The molecule has 2 heterocycles. The molecule has 2 amide bonds. The fourth-order valence-electron chi connectivity index (χ4n) is 3.24. The molecule has 134 valence electrons. The predicted octanol–water partition coefficient (Wildman–Crippen LogP) is 4.65. The van der Waals surface area contributed by atoms with Gasteiger partial charge in [-0.3, -0.25) is 0 Å². The van der Waals surface area contributed by atoms with Gasteiger partial charge in [-0.25, -0.2) is 9.78 Å². The van der Waals surface area contributed by atoms with E-state index in [-0.39, 0.29) is 18.2 Å². The average molecular weight is 367 g/mol. The van der Waals surface area contributed by atoms with Crippen LogP contribution in [0.25, 0.3) is 20.8 Å². The summed E-state index contributed by atoms with van der Waals surface area (Å²) in [5.74, 6) is 0. The molecule has 0 radical (unpaired) electrons. The van der Waals surface area contributed by atoms with E-state index in [0.717, 1.165) is 39.3 Å². The van der Waals surface area contributed by atoms with Crippen LogP contribution in [-0.4, -0.2) is 29.8 Å². The van der Waals surface area contributed by atoms with Gasteiger partial charge >= 0.3 is 6.03 Å². The summed E-state index contributed by atoms with van der Waals surface area (Å²) >= 11 is 1.63. The van der Waals surface area contributed by atoms with Gasteiger partial charge in [0.2, 0.25) is 0 Å². The maximum absolute atomic E-state index is 12.5. The minimum Gasteiger partial charge on any atom is -0.378 e. The van der Waals surface area contributed by atoms with Gasteiger partial charge in [0.1, 0.15) is 5.01 Å². The quantitative estimate of drug-likeness (QED) is 0.708. The fourth-order valence-corrected chi connectivity index (χ4v) is 4.24. The Kier molecular flexibility index (Phi) is 4.86. The Bertz CT molecular complexity index is 891. The molecule has 4 rings (SSSR count). The molecule has 2 N–H and O–H groups in total. The number of rotatable bonds is 3. The van der Waals surface area contributed by atoms with Crippen LogP contribution in [0.5, 0.6) is 0 Å². The van der Waals surface area contributed by atoms with Crippen molar-refractivity contribution < 1.29 is 9.53 Å². The summed E-state index contributed by atoms with van der Waals surface area (Å²) in [5.41, 5.74) is 2.68. The number of urea groups is 1. The lowest BCUT2D eigenvalue weighted by atomic mass is 10.0. The van der Waals surface area contributed by atoms with Crippen LogP contribution < -0.4 is 10.6 Å². The van der Waals surface area contributed by atoms with Gasteiger partial charge in [-0.1, -0.05) is 24.3 Å². The highest BCUT2D eigenvalue weighted by Crippen LogP contribution is 2.34. The maximum Gasteiger partial charge on any atom is 0.319 e. The lowest BCUT2D eigenvalue weighted by Gasteiger charge is -2.28. The zero-order chi connectivity index (χ0) is 17.9. The first kappa shape index (κ1) is 17.0. The minimum atomic E-state index is -0.183. The van der Waals surface area contributed by atoms with Crippen molar-refractivity contribution in [3.8, 4) is 10.6 Å². The number of carbonyl (C=O) groups is 1. The summed E-state index contributed by atoms with van der Waals surface area (Å²) in [6.45, 7) is 2.72. The molecule has 0 saturated carbocycles. The summed E-state index contributed by atoms with van der Waals surface area (Å²) in [7, 11) is 0. The number of ether oxygens (including phenoxy) is 1. The highest BCUT2D eigenvalue weighted by atomic mass is 32.1. The Hall–Kier alpha value is -2.44. The molecule has 3 aromatic rings. The number of aromatic nitrogens is 1. The van der Waals surface area contributed by atoms with E-state index < -0.39 is 0 Å². The molecule has 2 unspecified atom stereocenters. The van der Waals surface area contributed by atoms with Crippen molar-refractivity contribution in [3.63, 3.8) is 0 Å². The number of para-hydroxylation sites is 2. The summed E-state index contributed by atoms with van der Waals surface area (Å²) in [4.78, 5) is 17.2. The van der Waals surface area contributed by atoms with E-state index in [1.807, 2.05) is 49.4 Å². The van der Waals surface area contributed by atoms with Crippen LogP contribution in [0.1, 0.15) is 19.8 Å². The Balaban J connectivity index is 1.53. The Labute approximate surface area is 156 Å². The molecule has 5 nitrogen and oxygen atoms in total. The highest BCUT2D eigenvalue weighted by Gasteiger charge is 2.21. The van der Waals surface area contributed by atoms with Crippen LogP contribution in [0.3, 0.4) is 0 Å². The first-order chi connectivity index (χ1) is 12.7. The molecule has 1 aromatic heterocycles. The summed E-state index contributed by atoms with van der Waals surface area (Å²) in [6.07, 6.45) is 1.87. The molecule has 1 saturated heterocycles. The second kappa shape index (κ2) is 7.43. The van der Waals surface area contributed by atoms with Crippen LogP contribution in [0.15, 0.2) is 48.5 Å². The highest BCUT2D eigenvalue weighted by molar-refractivity contribution is 7.21. The van der Waals surface area contributed by atoms with E-state index in [9.17, 15) is 4.79 Å². The zero-order valence-corrected chi connectivity index (χ0v) is 15.4. The Morgan fingerprint density at radius 1 is 1.19 bits per heavy atom. The number of hydrogen-bond donors (Lipinski definition) is 2. The SMILES string of the molecule is CC1CC(NC(=O)Nc2ccccc2-c2nc3ccccc3s2)CCO1. The number of amides is 2. The van der Waals surface area contributed by atoms with Crippen molar-refractivity contribution >= 4 is 33.3 Å². The van der Waals surface area contributed by atoms with E-state index in [0.29, 0.717) is 6.61 Å².